The summed E-state index contributed by atoms with van der Waals surface area (Å²) in [5, 5.41) is 1.54. The van der Waals surface area contributed by atoms with Gasteiger partial charge in [0.05, 0.1) is 15.6 Å². The third kappa shape index (κ3) is 3.78. The molecule has 1 heterocycles. The molecule has 4 nitrogen and oxygen atoms in total. The average Bonchev–Trinajstić information content (AvgIpc) is 2.88. The van der Waals surface area contributed by atoms with Crippen LogP contribution >= 0.6 is 11.3 Å². The van der Waals surface area contributed by atoms with E-state index in [1.807, 2.05) is 56.3 Å². The van der Waals surface area contributed by atoms with E-state index in [2.05, 4.69) is 9.71 Å². The predicted molar refractivity (Wildman–Crippen MR) is 97.1 cm³/mol. The molecule has 1 aromatic heterocycles. The fraction of sp³-hybridized carbons (Fsp3) is 0.118. The molecule has 0 bridgehead atoms. The summed E-state index contributed by atoms with van der Waals surface area (Å²) in [4.78, 5) is 4.39. The highest BCUT2D eigenvalue weighted by molar-refractivity contribution is 7.95. The van der Waals surface area contributed by atoms with Crippen LogP contribution in [0.2, 0.25) is 0 Å². The Labute approximate surface area is 139 Å². The van der Waals surface area contributed by atoms with Gasteiger partial charge in [-0.1, -0.05) is 47.7 Å². The Balaban J connectivity index is 1.86. The number of nitrogens with one attached hydrogen (secondary N) is 1. The van der Waals surface area contributed by atoms with Crippen molar-refractivity contribution >= 4 is 42.8 Å². The maximum Gasteiger partial charge on any atom is 0.256 e. The van der Waals surface area contributed by atoms with Gasteiger partial charge in [0.15, 0.2) is 5.13 Å². The molecule has 2 aromatic carbocycles. The highest BCUT2D eigenvalue weighted by atomic mass is 32.2. The van der Waals surface area contributed by atoms with E-state index < -0.39 is 10.0 Å². The second-order valence-electron chi connectivity index (χ2n) is 5.31. The largest absolute Gasteiger partial charge is 0.256 e. The number of thiazole rings is 1. The van der Waals surface area contributed by atoms with E-state index in [1.165, 1.54) is 11.3 Å². The van der Waals surface area contributed by atoms with Gasteiger partial charge in [-0.05, 0) is 42.7 Å². The first-order valence-electron chi connectivity index (χ1n) is 7.07. The number of fused-ring (bicyclic) bond motifs is 1. The van der Waals surface area contributed by atoms with Gasteiger partial charge >= 0.3 is 0 Å². The smallest absolute Gasteiger partial charge is 0.255 e. The molecule has 0 aliphatic heterocycles. The van der Waals surface area contributed by atoms with E-state index in [-0.39, 0.29) is 0 Å². The topological polar surface area (TPSA) is 59.1 Å². The van der Waals surface area contributed by atoms with Crippen molar-refractivity contribution in [2.24, 2.45) is 0 Å². The third-order valence-electron chi connectivity index (χ3n) is 3.30. The monoisotopic (exact) mass is 344 g/mol. The van der Waals surface area contributed by atoms with Crippen LogP contribution in [0.4, 0.5) is 5.13 Å². The van der Waals surface area contributed by atoms with Gasteiger partial charge < -0.3 is 0 Å². The number of aryl methyl sites for hydroxylation is 2. The van der Waals surface area contributed by atoms with Crippen LogP contribution in [-0.4, -0.2) is 13.4 Å². The van der Waals surface area contributed by atoms with Crippen LogP contribution in [0.3, 0.4) is 0 Å². The Morgan fingerprint density at radius 2 is 1.87 bits per heavy atom. The minimum Gasteiger partial charge on any atom is -0.255 e. The zero-order valence-electron chi connectivity index (χ0n) is 12.8. The second kappa shape index (κ2) is 6.14. The Morgan fingerprint density at radius 1 is 1.13 bits per heavy atom. The van der Waals surface area contributed by atoms with Gasteiger partial charge in [0, 0.05) is 0 Å². The van der Waals surface area contributed by atoms with Crippen molar-refractivity contribution < 1.29 is 8.42 Å². The summed E-state index contributed by atoms with van der Waals surface area (Å²) in [5.41, 5.74) is 3.84. The summed E-state index contributed by atoms with van der Waals surface area (Å²) in [5.74, 6) is 0. The molecule has 0 aliphatic rings. The van der Waals surface area contributed by atoms with Crippen molar-refractivity contribution in [1.29, 1.82) is 0 Å². The van der Waals surface area contributed by atoms with Crippen molar-refractivity contribution in [3.8, 4) is 0 Å². The van der Waals surface area contributed by atoms with Gasteiger partial charge in [-0.3, -0.25) is 4.72 Å². The van der Waals surface area contributed by atoms with E-state index in [9.17, 15) is 8.42 Å². The Hall–Kier alpha value is -2.18. The van der Waals surface area contributed by atoms with Crippen molar-refractivity contribution in [3.63, 3.8) is 0 Å². The lowest BCUT2D eigenvalue weighted by Gasteiger charge is -1.99. The van der Waals surface area contributed by atoms with E-state index in [0.29, 0.717) is 5.13 Å². The van der Waals surface area contributed by atoms with E-state index >= 15 is 0 Å². The number of rotatable bonds is 4. The molecule has 0 fully saturated rings. The van der Waals surface area contributed by atoms with Crippen LogP contribution in [-0.2, 0) is 10.0 Å². The van der Waals surface area contributed by atoms with Gasteiger partial charge in [-0.2, -0.15) is 0 Å². The molecule has 118 valence electrons. The van der Waals surface area contributed by atoms with Crippen molar-refractivity contribution in [2.45, 2.75) is 13.8 Å². The summed E-state index contributed by atoms with van der Waals surface area (Å²) >= 11 is 1.34. The van der Waals surface area contributed by atoms with Crippen molar-refractivity contribution in [3.05, 3.63) is 64.6 Å². The molecule has 0 atom stereocenters. The minimum atomic E-state index is -3.59. The Morgan fingerprint density at radius 3 is 2.61 bits per heavy atom. The van der Waals surface area contributed by atoms with Gasteiger partial charge in [-0.15, -0.1) is 0 Å². The van der Waals surface area contributed by atoms with Crippen LogP contribution in [0, 0.1) is 13.8 Å². The maximum absolute atomic E-state index is 12.2. The van der Waals surface area contributed by atoms with E-state index in [1.54, 1.807) is 6.08 Å². The molecule has 0 amide bonds. The summed E-state index contributed by atoms with van der Waals surface area (Å²) in [7, 11) is -3.59. The predicted octanol–water partition coefficient (Wildman–Crippen LogP) is 4.33. The molecule has 0 spiro atoms. The highest BCUT2D eigenvalue weighted by Crippen LogP contribution is 2.29. The lowest BCUT2D eigenvalue weighted by atomic mass is 10.1. The fourth-order valence-corrected chi connectivity index (χ4v) is 4.40. The van der Waals surface area contributed by atoms with E-state index in [0.717, 1.165) is 32.3 Å². The first-order chi connectivity index (χ1) is 10.9. The molecule has 3 aromatic rings. The molecule has 0 saturated heterocycles. The fourth-order valence-electron chi connectivity index (χ4n) is 2.30. The molecular weight excluding hydrogens is 328 g/mol. The lowest BCUT2D eigenvalue weighted by molar-refractivity contribution is 0.609. The number of anilines is 1. The molecule has 3 rings (SSSR count). The molecule has 6 heteroatoms. The van der Waals surface area contributed by atoms with E-state index in [4.69, 9.17) is 0 Å². The summed E-state index contributed by atoms with van der Waals surface area (Å²) < 4.78 is 27.8. The second-order valence-corrected chi connectivity index (χ2v) is 7.91. The van der Waals surface area contributed by atoms with Gasteiger partial charge in [0.2, 0.25) is 0 Å². The summed E-state index contributed by atoms with van der Waals surface area (Å²) in [6, 6.07) is 13.3. The number of sulfonamides is 1. The van der Waals surface area contributed by atoms with Crippen molar-refractivity contribution in [1.82, 2.24) is 4.98 Å². The summed E-state index contributed by atoms with van der Waals surface area (Å²) in [6.45, 7) is 3.99. The van der Waals surface area contributed by atoms with Gasteiger partial charge in [-0.25, -0.2) is 13.4 Å². The molecular formula is C17H16N2O2S2. The van der Waals surface area contributed by atoms with Crippen LogP contribution in [0.15, 0.2) is 47.9 Å². The zero-order chi connectivity index (χ0) is 16.4. The SMILES string of the molecule is Cc1cc(C)c2nc(NS(=O)(=O)/C=C/c3ccccc3)sc2c1. The van der Waals surface area contributed by atoms with Crippen molar-refractivity contribution in [2.75, 3.05) is 4.72 Å². The minimum absolute atomic E-state index is 0.381. The first-order valence-corrected chi connectivity index (χ1v) is 9.43. The molecule has 0 saturated carbocycles. The quantitative estimate of drug-likeness (QED) is 0.766. The number of benzene rings is 2. The maximum atomic E-state index is 12.2. The zero-order valence-corrected chi connectivity index (χ0v) is 14.4. The van der Waals surface area contributed by atoms with Gasteiger partial charge in [0.25, 0.3) is 10.0 Å². The summed E-state index contributed by atoms with van der Waals surface area (Å²) in [6.07, 6.45) is 1.56. The normalized spacial score (nSPS) is 12.1. The number of aromatic nitrogens is 1. The molecule has 0 aliphatic carbocycles. The molecule has 1 N–H and O–H groups in total. The standard InChI is InChI=1S/C17H16N2O2S2/c1-12-10-13(2)16-15(11-12)22-17(18-16)19-23(20,21)9-8-14-6-4-3-5-7-14/h3-11H,1-2H3,(H,18,19)/b9-8+. The third-order valence-corrected chi connectivity index (χ3v) is 5.32. The highest BCUT2D eigenvalue weighted by Gasteiger charge is 2.12. The number of hydrogen-bond donors (Lipinski definition) is 1. The van der Waals surface area contributed by atoms with Crippen LogP contribution < -0.4 is 4.72 Å². The number of nitrogens with zero attached hydrogens (tertiary/aromatic N) is 1. The lowest BCUT2D eigenvalue weighted by Crippen LogP contribution is -2.08. The molecule has 0 radical (unpaired) electrons. The number of hydrogen-bond acceptors (Lipinski definition) is 4. The Kier molecular flexibility index (Phi) is 4.19. The van der Waals surface area contributed by atoms with Crippen LogP contribution in [0.1, 0.15) is 16.7 Å². The van der Waals surface area contributed by atoms with Crippen LogP contribution in [0.25, 0.3) is 16.3 Å². The average molecular weight is 344 g/mol. The molecule has 0 unspecified atom stereocenters. The van der Waals surface area contributed by atoms with Crippen LogP contribution in [0.5, 0.6) is 0 Å². The Bertz CT molecular complexity index is 975. The molecule has 23 heavy (non-hydrogen) atoms. The first kappa shape index (κ1) is 15.7. The van der Waals surface area contributed by atoms with Gasteiger partial charge in [0.1, 0.15) is 0 Å².